The van der Waals surface area contributed by atoms with Gasteiger partial charge >= 0.3 is 0 Å². The summed E-state index contributed by atoms with van der Waals surface area (Å²) in [4.78, 5) is 13.0. The first kappa shape index (κ1) is 11.8. The normalized spacial score (nSPS) is 12.5. The molecular weight excluding hydrogens is 192 g/mol. The van der Waals surface area contributed by atoms with Gasteiger partial charge in [-0.25, -0.2) is 0 Å². The summed E-state index contributed by atoms with van der Waals surface area (Å²) in [6.07, 6.45) is 3.89. The SMILES string of the molecule is CCC(O)c1ccn(CC(=O)N(C)C)c1. The van der Waals surface area contributed by atoms with Crippen molar-refractivity contribution in [1.82, 2.24) is 9.47 Å². The molecular formula is C11H18N2O2. The van der Waals surface area contributed by atoms with Crippen molar-refractivity contribution in [3.8, 4) is 0 Å². The zero-order chi connectivity index (χ0) is 11.4. The van der Waals surface area contributed by atoms with Crippen LogP contribution in [0.4, 0.5) is 0 Å². The van der Waals surface area contributed by atoms with Gasteiger partial charge in [-0.1, -0.05) is 6.92 Å². The van der Waals surface area contributed by atoms with E-state index in [4.69, 9.17) is 0 Å². The van der Waals surface area contributed by atoms with Crippen LogP contribution in [0.25, 0.3) is 0 Å². The second-order valence-electron chi connectivity index (χ2n) is 3.83. The van der Waals surface area contributed by atoms with Gasteiger partial charge in [0.15, 0.2) is 0 Å². The van der Waals surface area contributed by atoms with Crippen molar-refractivity contribution in [2.45, 2.75) is 26.0 Å². The van der Waals surface area contributed by atoms with Crippen LogP contribution >= 0.6 is 0 Å². The summed E-state index contributed by atoms with van der Waals surface area (Å²) < 4.78 is 1.79. The minimum atomic E-state index is -0.430. The van der Waals surface area contributed by atoms with Gasteiger partial charge in [0.2, 0.25) is 5.91 Å². The average Bonchev–Trinajstić information content (AvgIpc) is 2.65. The lowest BCUT2D eigenvalue weighted by Crippen LogP contribution is -2.25. The minimum Gasteiger partial charge on any atom is -0.388 e. The maximum absolute atomic E-state index is 11.4. The molecule has 0 aliphatic heterocycles. The number of aromatic nitrogens is 1. The van der Waals surface area contributed by atoms with E-state index in [1.54, 1.807) is 23.6 Å². The largest absolute Gasteiger partial charge is 0.388 e. The number of hydrogen-bond acceptors (Lipinski definition) is 2. The van der Waals surface area contributed by atoms with Gasteiger partial charge in [0.1, 0.15) is 6.54 Å². The zero-order valence-corrected chi connectivity index (χ0v) is 9.47. The van der Waals surface area contributed by atoms with E-state index >= 15 is 0 Å². The Balaban J connectivity index is 2.64. The molecule has 84 valence electrons. The van der Waals surface area contributed by atoms with Gasteiger partial charge in [-0.2, -0.15) is 0 Å². The standard InChI is InChI=1S/C11H18N2O2/c1-4-10(14)9-5-6-13(7-9)8-11(15)12(2)3/h5-7,10,14H,4,8H2,1-3H3. The van der Waals surface area contributed by atoms with Crippen molar-refractivity contribution in [3.63, 3.8) is 0 Å². The fraction of sp³-hybridized carbons (Fsp3) is 0.545. The van der Waals surface area contributed by atoms with Crippen LogP contribution in [0, 0.1) is 0 Å². The molecule has 0 aliphatic rings. The molecule has 0 aromatic carbocycles. The average molecular weight is 210 g/mol. The first-order chi connectivity index (χ1) is 7.04. The third kappa shape index (κ3) is 3.09. The first-order valence-corrected chi connectivity index (χ1v) is 5.08. The highest BCUT2D eigenvalue weighted by Crippen LogP contribution is 2.16. The second kappa shape index (κ2) is 4.98. The van der Waals surface area contributed by atoms with Crippen molar-refractivity contribution in [1.29, 1.82) is 0 Å². The number of amides is 1. The molecule has 1 N–H and O–H groups in total. The highest BCUT2D eigenvalue weighted by atomic mass is 16.3. The molecule has 4 heteroatoms. The number of aliphatic hydroxyl groups excluding tert-OH is 1. The summed E-state index contributed by atoms with van der Waals surface area (Å²) >= 11 is 0. The van der Waals surface area contributed by atoms with E-state index < -0.39 is 6.10 Å². The van der Waals surface area contributed by atoms with Crippen molar-refractivity contribution in [2.75, 3.05) is 14.1 Å². The third-order valence-corrected chi connectivity index (χ3v) is 2.36. The topological polar surface area (TPSA) is 45.5 Å². The predicted octanol–water partition coefficient (Wildman–Crippen LogP) is 1.02. The van der Waals surface area contributed by atoms with Gasteiger partial charge in [0, 0.05) is 26.5 Å². The quantitative estimate of drug-likeness (QED) is 0.806. The highest BCUT2D eigenvalue weighted by molar-refractivity contribution is 5.75. The summed E-state index contributed by atoms with van der Waals surface area (Å²) in [6.45, 7) is 2.25. The van der Waals surface area contributed by atoms with Crippen LogP contribution < -0.4 is 0 Å². The molecule has 1 aromatic heterocycles. The van der Waals surface area contributed by atoms with Gasteiger partial charge < -0.3 is 14.6 Å². The minimum absolute atomic E-state index is 0.0446. The van der Waals surface area contributed by atoms with E-state index in [0.717, 1.165) is 5.56 Å². The Kier molecular flexibility index (Phi) is 3.91. The summed E-state index contributed by atoms with van der Waals surface area (Å²) in [6, 6.07) is 1.84. The Hall–Kier alpha value is -1.29. The Morgan fingerprint density at radius 3 is 2.80 bits per heavy atom. The van der Waals surface area contributed by atoms with E-state index in [-0.39, 0.29) is 5.91 Å². The Bertz CT molecular complexity index is 331. The third-order valence-electron chi connectivity index (χ3n) is 2.36. The molecule has 15 heavy (non-hydrogen) atoms. The van der Waals surface area contributed by atoms with Gasteiger partial charge in [-0.05, 0) is 18.1 Å². The molecule has 1 unspecified atom stereocenters. The maximum atomic E-state index is 11.4. The lowest BCUT2D eigenvalue weighted by atomic mass is 10.1. The molecule has 0 saturated carbocycles. The van der Waals surface area contributed by atoms with Crippen molar-refractivity contribution in [2.24, 2.45) is 0 Å². The van der Waals surface area contributed by atoms with E-state index in [1.807, 2.05) is 25.4 Å². The molecule has 0 aliphatic carbocycles. The fourth-order valence-electron chi connectivity index (χ4n) is 1.29. The van der Waals surface area contributed by atoms with Gasteiger partial charge in [0.05, 0.1) is 6.10 Å². The monoisotopic (exact) mass is 210 g/mol. The van der Waals surface area contributed by atoms with Crippen LogP contribution in [0.15, 0.2) is 18.5 Å². The number of aliphatic hydroxyl groups is 1. The zero-order valence-electron chi connectivity index (χ0n) is 9.47. The molecule has 0 spiro atoms. The Morgan fingerprint density at radius 2 is 2.27 bits per heavy atom. The highest BCUT2D eigenvalue weighted by Gasteiger charge is 2.09. The number of hydrogen-bond donors (Lipinski definition) is 1. The van der Waals surface area contributed by atoms with Crippen LogP contribution in [0.1, 0.15) is 25.0 Å². The molecule has 0 bridgehead atoms. The van der Waals surface area contributed by atoms with Gasteiger partial charge in [0.25, 0.3) is 0 Å². The van der Waals surface area contributed by atoms with E-state index in [9.17, 15) is 9.90 Å². The van der Waals surface area contributed by atoms with Crippen LogP contribution in [0.5, 0.6) is 0 Å². The van der Waals surface area contributed by atoms with Crippen LogP contribution in [-0.4, -0.2) is 34.6 Å². The first-order valence-electron chi connectivity index (χ1n) is 5.08. The molecule has 4 nitrogen and oxygen atoms in total. The van der Waals surface area contributed by atoms with E-state index in [2.05, 4.69) is 0 Å². The lowest BCUT2D eigenvalue weighted by molar-refractivity contribution is -0.129. The molecule has 0 fully saturated rings. The number of likely N-dealkylation sites (N-methyl/N-ethyl adjacent to an activating group) is 1. The van der Waals surface area contributed by atoms with Crippen LogP contribution in [0.3, 0.4) is 0 Å². The lowest BCUT2D eigenvalue weighted by Gasteiger charge is -2.10. The fourth-order valence-corrected chi connectivity index (χ4v) is 1.29. The Morgan fingerprint density at radius 1 is 1.60 bits per heavy atom. The van der Waals surface area contributed by atoms with E-state index in [0.29, 0.717) is 13.0 Å². The molecule has 1 rings (SSSR count). The predicted molar refractivity (Wildman–Crippen MR) is 58.4 cm³/mol. The molecule has 1 atom stereocenters. The second-order valence-corrected chi connectivity index (χ2v) is 3.83. The molecule has 0 radical (unpaired) electrons. The van der Waals surface area contributed by atoms with Crippen LogP contribution in [-0.2, 0) is 11.3 Å². The number of carbonyl (C=O) groups is 1. The molecule has 0 saturated heterocycles. The van der Waals surface area contributed by atoms with E-state index in [1.165, 1.54) is 0 Å². The number of carbonyl (C=O) groups excluding carboxylic acids is 1. The molecule has 1 heterocycles. The van der Waals surface area contributed by atoms with Gasteiger partial charge in [-0.15, -0.1) is 0 Å². The smallest absolute Gasteiger partial charge is 0.241 e. The summed E-state index contributed by atoms with van der Waals surface area (Å²) in [7, 11) is 3.46. The molecule has 1 aromatic rings. The summed E-state index contributed by atoms with van der Waals surface area (Å²) in [5, 5.41) is 9.58. The van der Waals surface area contributed by atoms with Crippen molar-refractivity contribution in [3.05, 3.63) is 24.0 Å². The number of nitrogens with zero attached hydrogens (tertiary/aromatic N) is 2. The van der Waals surface area contributed by atoms with Gasteiger partial charge in [-0.3, -0.25) is 4.79 Å². The number of rotatable bonds is 4. The van der Waals surface area contributed by atoms with Crippen LogP contribution in [0.2, 0.25) is 0 Å². The molecule has 1 amide bonds. The van der Waals surface area contributed by atoms with Crippen molar-refractivity contribution >= 4 is 5.91 Å². The summed E-state index contributed by atoms with van der Waals surface area (Å²) in [5.41, 5.74) is 0.865. The Labute approximate surface area is 90.1 Å². The summed E-state index contributed by atoms with van der Waals surface area (Å²) in [5.74, 6) is 0.0446. The maximum Gasteiger partial charge on any atom is 0.241 e. The van der Waals surface area contributed by atoms with Crippen molar-refractivity contribution < 1.29 is 9.90 Å².